The van der Waals surface area contributed by atoms with Gasteiger partial charge < -0.3 is 10.1 Å². The van der Waals surface area contributed by atoms with Crippen molar-refractivity contribution in [1.29, 1.82) is 0 Å². The largest absolute Gasteiger partial charge is 0.469 e. The van der Waals surface area contributed by atoms with Gasteiger partial charge in [-0.1, -0.05) is 6.07 Å². The standard InChI is InChI=1S/C16H15F2N5O2/c1-25-16(24)7-6-15-21-20-14-5-4-13(22-23(14)15)19-9-10-2-3-11(17)12(18)8-10/h2-5,8H,6-7,9H2,1H3,(H,19,22). The van der Waals surface area contributed by atoms with Gasteiger partial charge in [0, 0.05) is 13.0 Å². The van der Waals surface area contributed by atoms with Crippen LogP contribution in [0.3, 0.4) is 0 Å². The van der Waals surface area contributed by atoms with Crippen LogP contribution >= 0.6 is 0 Å². The Morgan fingerprint density at radius 2 is 2.04 bits per heavy atom. The smallest absolute Gasteiger partial charge is 0.305 e. The zero-order chi connectivity index (χ0) is 17.8. The third-order valence-electron chi connectivity index (χ3n) is 3.57. The lowest BCUT2D eigenvalue weighted by molar-refractivity contribution is -0.140. The number of aryl methyl sites for hydroxylation is 1. The van der Waals surface area contributed by atoms with Crippen molar-refractivity contribution in [3.8, 4) is 0 Å². The summed E-state index contributed by atoms with van der Waals surface area (Å²) in [4.78, 5) is 11.3. The minimum absolute atomic E-state index is 0.172. The molecule has 0 atom stereocenters. The molecule has 0 aliphatic heterocycles. The Labute approximate surface area is 141 Å². The van der Waals surface area contributed by atoms with E-state index in [0.29, 0.717) is 29.3 Å². The van der Waals surface area contributed by atoms with Crippen molar-refractivity contribution in [2.45, 2.75) is 19.4 Å². The minimum atomic E-state index is -0.897. The quantitative estimate of drug-likeness (QED) is 0.688. The number of rotatable bonds is 6. The molecule has 0 amide bonds. The first-order valence-corrected chi connectivity index (χ1v) is 7.53. The molecule has 0 fully saturated rings. The number of halogens is 2. The molecule has 0 saturated carbocycles. The summed E-state index contributed by atoms with van der Waals surface area (Å²) in [5.41, 5.74) is 1.12. The Morgan fingerprint density at radius 3 is 2.80 bits per heavy atom. The predicted molar refractivity (Wildman–Crippen MR) is 84.8 cm³/mol. The maximum Gasteiger partial charge on any atom is 0.305 e. The van der Waals surface area contributed by atoms with Crippen LogP contribution in [0.25, 0.3) is 5.65 Å². The molecule has 0 radical (unpaired) electrons. The van der Waals surface area contributed by atoms with Crippen LogP contribution in [0, 0.1) is 11.6 Å². The number of nitrogens with one attached hydrogen (secondary N) is 1. The summed E-state index contributed by atoms with van der Waals surface area (Å²) in [5.74, 6) is -1.09. The van der Waals surface area contributed by atoms with E-state index in [0.717, 1.165) is 12.1 Å². The molecule has 0 aliphatic rings. The zero-order valence-corrected chi connectivity index (χ0v) is 13.4. The maximum atomic E-state index is 13.2. The Bertz CT molecular complexity index is 913. The molecule has 130 valence electrons. The van der Waals surface area contributed by atoms with Crippen molar-refractivity contribution < 1.29 is 18.3 Å². The first-order valence-electron chi connectivity index (χ1n) is 7.53. The number of benzene rings is 1. The summed E-state index contributed by atoms with van der Waals surface area (Å²) in [6, 6.07) is 7.11. The van der Waals surface area contributed by atoms with Crippen LogP contribution in [0.4, 0.5) is 14.6 Å². The van der Waals surface area contributed by atoms with Gasteiger partial charge in [-0.05, 0) is 29.8 Å². The second kappa shape index (κ2) is 7.20. The molecule has 0 aliphatic carbocycles. The summed E-state index contributed by atoms with van der Waals surface area (Å²) in [5, 5.41) is 15.4. The summed E-state index contributed by atoms with van der Waals surface area (Å²) >= 11 is 0. The van der Waals surface area contributed by atoms with E-state index < -0.39 is 11.6 Å². The second-order valence-corrected chi connectivity index (χ2v) is 5.28. The Morgan fingerprint density at radius 1 is 1.20 bits per heavy atom. The first-order chi connectivity index (χ1) is 12.1. The van der Waals surface area contributed by atoms with E-state index in [2.05, 4.69) is 25.3 Å². The maximum absolute atomic E-state index is 13.2. The molecule has 9 heteroatoms. The van der Waals surface area contributed by atoms with Crippen LogP contribution in [0.2, 0.25) is 0 Å². The van der Waals surface area contributed by atoms with E-state index in [4.69, 9.17) is 0 Å². The van der Waals surface area contributed by atoms with E-state index in [1.807, 2.05) is 0 Å². The van der Waals surface area contributed by atoms with Crippen molar-refractivity contribution in [2.75, 3.05) is 12.4 Å². The van der Waals surface area contributed by atoms with Gasteiger partial charge in [0.15, 0.2) is 23.1 Å². The third kappa shape index (κ3) is 3.87. The van der Waals surface area contributed by atoms with Crippen LogP contribution in [0.15, 0.2) is 30.3 Å². The van der Waals surface area contributed by atoms with E-state index in [9.17, 15) is 13.6 Å². The highest BCUT2D eigenvalue weighted by Crippen LogP contribution is 2.12. The molecule has 0 bridgehead atoms. The number of esters is 1. The summed E-state index contributed by atoms with van der Waals surface area (Å²) in [6.07, 6.45) is 0.513. The molecule has 2 aromatic heterocycles. The number of hydrogen-bond acceptors (Lipinski definition) is 6. The summed E-state index contributed by atoms with van der Waals surface area (Å²) in [6.45, 7) is 0.273. The number of aromatic nitrogens is 4. The monoisotopic (exact) mass is 347 g/mol. The van der Waals surface area contributed by atoms with Crippen LogP contribution in [-0.2, 0) is 22.5 Å². The molecule has 7 nitrogen and oxygen atoms in total. The number of carbonyl (C=O) groups excluding carboxylic acids is 1. The third-order valence-corrected chi connectivity index (χ3v) is 3.57. The van der Waals surface area contributed by atoms with Crippen molar-refractivity contribution in [2.24, 2.45) is 0 Å². The van der Waals surface area contributed by atoms with Crippen LogP contribution in [0.1, 0.15) is 17.8 Å². The first kappa shape index (κ1) is 16.7. The molecule has 0 spiro atoms. The number of carbonyl (C=O) groups is 1. The van der Waals surface area contributed by atoms with E-state index in [1.165, 1.54) is 17.7 Å². The fourth-order valence-electron chi connectivity index (χ4n) is 2.24. The summed E-state index contributed by atoms with van der Waals surface area (Å²) in [7, 11) is 1.32. The molecular formula is C16H15F2N5O2. The topological polar surface area (TPSA) is 81.4 Å². The minimum Gasteiger partial charge on any atom is -0.469 e. The SMILES string of the molecule is COC(=O)CCc1nnc2ccc(NCc3ccc(F)c(F)c3)nn12. The van der Waals surface area contributed by atoms with Crippen molar-refractivity contribution in [1.82, 2.24) is 19.8 Å². The van der Waals surface area contributed by atoms with Gasteiger partial charge in [0.2, 0.25) is 0 Å². The lowest BCUT2D eigenvalue weighted by Gasteiger charge is -2.07. The predicted octanol–water partition coefficient (Wildman–Crippen LogP) is 2.12. The molecule has 25 heavy (non-hydrogen) atoms. The summed E-state index contributed by atoms with van der Waals surface area (Å²) < 4.78 is 32.3. The molecule has 0 unspecified atom stereocenters. The number of methoxy groups -OCH3 is 1. The normalized spacial score (nSPS) is 10.8. The molecule has 2 heterocycles. The van der Waals surface area contributed by atoms with Gasteiger partial charge in [0.25, 0.3) is 0 Å². The molecule has 0 saturated heterocycles. The van der Waals surface area contributed by atoms with E-state index in [1.54, 1.807) is 12.1 Å². The lowest BCUT2D eigenvalue weighted by atomic mass is 10.2. The molecule has 3 aromatic rings. The van der Waals surface area contributed by atoms with Crippen LogP contribution in [-0.4, -0.2) is 32.9 Å². The average molecular weight is 347 g/mol. The second-order valence-electron chi connectivity index (χ2n) is 5.28. The number of anilines is 1. The van der Waals surface area contributed by atoms with Crippen LogP contribution in [0.5, 0.6) is 0 Å². The number of fused-ring (bicyclic) bond motifs is 1. The van der Waals surface area contributed by atoms with Crippen molar-refractivity contribution in [3.63, 3.8) is 0 Å². The van der Waals surface area contributed by atoms with Gasteiger partial charge in [-0.3, -0.25) is 4.79 Å². The zero-order valence-electron chi connectivity index (χ0n) is 13.4. The van der Waals surface area contributed by atoms with Gasteiger partial charge >= 0.3 is 5.97 Å². The molecular weight excluding hydrogens is 332 g/mol. The van der Waals surface area contributed by atoms with E-state index in [-0.39, 0.29) is 18.9 Å². The van der Waals surface area contributed by atoms with E-state index >= 15 is 0 Å². The highest BCUT2D eigenvalue weighted by molar-refractivity contribution is 5.69. The van der Waals surface area contributed by atoms with Crippen molar-refractivity contribution in [3.05, 3.63) is 53.4 Å². The highest BCUT2D eigenvalue weighted by atomic mass is 19.2. The average Bonchev–Trinajstić information content (AvgIpc) is 3.03. The van der Waals surface area contributed by atoms with Gasteiger partial charge in [-0.2, -0.15) is 4.52 Å². The number of hydrogen-bond donors (Lipinski definition) is 1. The Balaban J connectivity index is 1.73. The Hall–Kier alpha value is -3.10. The highest BCUT2D eigenvalue weighted by Gasteiger charge is 2.10. The van der Waals surface area contributed by atoms with Crippen molar-refractivity contribution >= 4 is 17.4 Å². The molecule has 1 N–H and O–H groups in total. The fourth-order valence-corrected chi connectivity index (χ4v) is 2.24. The number of ether oxygens (including phenoxy) is 1. The van der Waals surface area contributed by atoms with Gasteiger partial charge in [0.1, 0.15) is 5.82 Å². The number of nitrogens with zero attached hydrogens (tertiary/aromatic N) is 4. The molecule has 3 rings (SSSR count). The Kier molecular flexibility index (Phi) is 4.82. The molecule has 1 aromatic carbocycles. The van der Waals surface area contributed by atoms with Gasteiger partial charge in [0.05, 0.1) is 13.5 Å². The van der Waals surface area contributed by atoms with Gasteiger partial charge in [-0.25, -0.2) is 8.78 Å². The van der Waals surface area contributed by atoms with Gasteiger partial charge in [-0.15, -0.1) is 15.3 Å². The lowest BCUT2D eigenvalue weighted by Crippen LogP contribution is -2.08. The van der Waals surface area contributed by atoms with Crippen LogP contribution < -0.4 is 5.32 Å². The fraction of sp³-hybridized carbons (Fsp3) is 0.250.